The van der Waals surface area contributed by atoms with Gasteiger partial charge in [-0.2, -0.15) is 5.26 Å². The van der Waals surface area contributed by atoms with Crippen LogP contribution >= 0.6 is 11.6 Å². The summed E-state index contributed by atoms with van der Waals surface area (Å²) in [4.78, 5) is 21.4. The van der Waals surface area contributed by atoms with Gasteiger partial charge >= 0.3 is 0 Å². The van der Waals surface area contributed by atoms with Gasteiger partial charge in [-0.15, -0.1) is 0 Å². The zero-order chi connectivity index (χ0) is 21.0. The van der Waals surface area contributed by atoms with Gasteiger partial charge < -0.3 is 0 Å². The fraction of sp³-hybridized carbons (Fsp3) is 0.250. The van der Waals surface area contributed by atoms with E-state index in [0.717, 1.165) is 35.3 Å². The van der Waals surface area contributed by atoms with Gasteiger partial charge in [-0.1, -0.05) is 37.2 Å². The first-order valence-corrected chi connectivity index (χ1v) is 9.93. The number of aromatic nitrogens is 2. The molecule has 0 radical (unpaired) electrons. The Morgan fingerprint density at radius 1 is 1.17 bits per heavy atom. The van der Waals surface area contributed by atoms with E-state index >= 15 is 0 Å². The summed E-state index contributed by atoms with van der Waals surface area (Å²) >= 11 is 6.04. The molecule has 1 unspecified atom stereocenters. The van der Waals surface area contributed by atoms with Gasteiger partial charge in [0, 0.05) is 21.7 Å². The largest absolute Gasteiger partial charge is 0.295 e. The minimum Gasteiger partial charge on any atom is -0.295 e. The van der Waals surface area contributed by atoms with Gasteiger partial charge in [0.05, 0.1) is 28.5 Å². The van der Waals surface area contributed by atoms with Crippen LogP contribution in [0.25, 0.3) is 22.3 Å². The second kappa shape index (κ2) is 8.98. The van der Waals surface area contributed by atoms with Crippen LogP contribution in [0.3, 0.4) is 0 Å². The first-order valence-electron chi connectivity index (χ1n) is 9.55. The number of halogens is 1. The van der Waals surface area contributed by atoms with Crippen LogP contribution in [0, 0.1) is 17.2 Å². The fourth-order valence-corrected chi connectivity index (χ4v) is 3.31. The lowest BCUT2D eigenvalue weighted by Gasteiger charge is -2.13. The van der Waals surface area contributed by atoms with E-state index in [-0.39, 0.29) is 11.7 Å². The number of fused-ring (bicyclic) bond motifs is 1. The molecule has 0 bridgehead atoms. The maximum absolute atomic E-state index is 11.7. The van der Waals surface area contributed by atoms with Gasteiger partial charge in [0.1, 0.15) is 0 Å². The summed E-state index contributed by atoms with van der Waals surface area (Å²) in [7, 11) is 0. The molecule has 146 valence electrons. The third-order valence-electron chi connectivity index (χ3n) is 5.05. The molecular formula is C24H22ClN3O. The normalized spacial score (nSPS) is 11.8. The molecule has 5 heteroatoms. The van der Waals surface area contributed by atoms with Crippen molar-refractivity contribution in [2.45, 2.75) is 33.1 Å². The van der Waals surface area contributed by atoms with Crippen LogP contribution in [0.15, 0.2) is 54.6 Å². The van der Waals surface area contributed by atoms with E-state index in [2.05, 4.69) is 12.6 Å². The lowest BCUT2D eigenvalue weighted by Crippen LogP contribution is -2.03. The van der Waals surface area contributed by atoms with Crippen LogP contribution < -0.4 is 0 Å². The van der Waals surface area contributed by atoms with E-state index in [1.165, 1.54) is 0 Å². The highest BCUT2D eigenvalue weighted by molar-refractivity contribution is 6.30. The fourth-order valence-electron chi connectivity index (χ4n) is 3.18. The zero-order valence-corrected chi connectivity index (χ0v) is 17.3. The SMILES string of the molecule is C=C(C#N)C(C)CCCc1nc2cc(C(C)=O)ccc2nc1-c1ccc(Cl)cc1. The van der Waals surface area contributed by atoms with Crippen LogP contribution in [0.2, 0.25) is 5.02 Å². The molecule has 4 nitrogen and oxygen atoms in total. The Morgan fingerprint density at radius 3 is 2.55 bits per heavy atom. The molecule has 0 spiro atoms. The number of nitriles is 1. The molecule has 3 rings (SSSR count). The van der Waals surface area contributed by atoms with Crippen LogP contribution in [0.1, 0.15) is 42.7 Å². The lowest BCUT2D eigenvalue weighted by atomic mass is 9.96. The van der Waals surface area contributed by atoms with E-state index in [9.17, 15) is 4.79 Å². The molecule has 0 N–H and O–H groups in total. The molecule has 0 aliphatic carbocycles. The van der Waals surface area contributed by atoms with Crippen LogP contribution in [0.5, 0.6) is 0 Å². The molecule has 0 amide bonds. The van der Waals surface area contributed by atoms with Crippen molar-refractivity contribution in [1.29, 1.82) is 5.26 Å². The highest BCUT2D eigenvalue weighted by atomic mass is 35.5. The van der Waals surface area contributed by atoms with Gasteiger partial charge in [0.2, 0.25) is 0 Å². The summed E-state index contributed by atoms with van der Waals surface area (Å²) in [5.41, 5.74) is 5.31. The van der Waals surface area contributed by atoms with E-state index < -0.39 is 0 Å². The molecule has 0 aliphatic heterocycles. The number of benzene rings is 2. The average molecular weight is 404 g/mol. The Balaban J connectivity index is 1.99. The maximum Gasteiger partial charge on any atom is 0.159 e. The minimum atomic E-state index is 0.000804. The Kier molecular flexibility index (Phi) is 6.41. The topological polar surface area (TPSA) is 66.6 Å². The molecule has 0 aliphatic rings. The molecule has 3 aromatic rings. The number of Topliss-reactive ketones (excluding diaryl/α,β-unsaturated/α-hetero) is 1. The number of aryl methyl sites for hydroxylation is 1. The molecule has 0 fully saturated rings. The van der Waals surface area contributed by atoms with Crippen molar-refractivity contribution >= 4 is 28.4 Å². The van der Waals surface area contributed by atoms with Crippen molar-refractivity contribution in [3.8, 4) is 17.3 Å². The minimum absolute atomic E-state index is 0.000804. The van der Waals surface area contributed by atoms with Crippen molar-refractivity contribution in [2.75, 3.05) is 0 Å². The molecule has 1 aromatic heterocycles. The number of rotatable bonds is 7. The quantitative estimate of drug-likeness (QED) is 0.348. The highest BCUT2D eigenvalue weighted by Crippen LogP contribution is 2.27. The first kappa shape index (κ1) is 20.7. The van der Waals surface area contributed by atoms with E-state index in [0.29, 0.717) is 28.1 Å². The molecule has 1 atom stereocenters. The standard InChI is InChI=1S/C24H22ClN3O/c1-15(16(2)14-26)5-4-6-22-24(18-7-10-20(25)11-8-18)28-21-12-9-19(17(3)29)13-23(21)27-22/h7-13,15H,2,4-6H2,1,3H3. The van der Waals surface area contributed by atoms with Crippen molar-refractivity contribution in [1.82, 2.24) is 9.97 Å². The third-order valence-corrected chi connectivity index (χ3v) is 5.30. The predicted molar refractivity (Wildman–Crippen MR) is 117 cm³/mol. The van der Waals surface area contributed by atoms with E-state index in [1.807, 2.05) is 37.3 Å². The van der Waals surface area contributed by atoms with Crippen molar-refractivity contribution in [3.63, 3.8) is 0 Å². The Labute approximate surface area is 175 Å². The Hall–Kier alpha value is -3.03. The monoisotopic (exact) mass is 403 g/mol. The third kappa shape index (κ3) is 4.88. The van der Waals surface area contributed by atoms with Crippen molar-refractivity contribution < 1.29 is 4.79 Å². The van der Waals surface area contributed by atoms with Gasteiger partial charge in [-0.3, -0.25) is 4.79 Å². The smallest absolute Gasteiger partial charge is 0.159 e. The summed E-state index contributed by atoms with van der Waals surface area (Å²) < 4.78 is 0. The molecular weight excluding hydrogens is 382 g/mol. The van der Waals surface area contributed by atoms with Crippen LogP contribution in [-0.2, 0) is 6.42 Å². The molecule has 1 heterocycles. The number of allylic oxidation sites excluding steroid dienone is 1. The van der Waals surface area contributed by atoms with Crippen LogP contribution in [0.4, 0.5) is 0 Å². The van der Waals surface area contributed by atoms with E-state index in [1.54, 1.807) is 19.1 Å². The van der Waals surface area contributed by atoms with Crippen LogP contribution in [-0.4, -0.2) is 15.8 Å². The lowest BCUT2D eigenvalue weighted by molar-refractivity contribution is 0.101. The molecule has 2 aromatic carbocycles. The summed E-state index contributed by atoms with van der Waals surface area (Å²) in [6, 6.07) is 15.1. The second-order valence-electron chi connectivity index (χ2n) is 7.22. The number of ketones is 1. The number of hydrogen-bond acceptors (Lipinski definition) is 4. The van der Waals surface area contributed by atoms with Crippen molar-refractivity contribution in [3.05, 3.63) is 70.9 Å². The summed E-state index contributed by atoms with van der Waals surface area (Å²) in [6.07, 6.45) is 2.42. The maximum atomic E-state index is 11.7. The van der Waals surface area contributed by atoms with Gasteiger partial charge in [-0.05, 0) is 62.4 Å². The summed E-state index contributed by atoms with van der Waals surface area (Å²) in [5, 5.41) is 9.68. The number of nitrogens with zero attached hydrogens (tertiary/aromatic N) is 3. The average Bonchev–Trinajstić information content (AvgIpc) is 2.72. The Morgan fingerprint density at radius 2 is 1.90 bits per heavy atom. The second-order valence-corrected chi connectivity index (χ2v) is 7.65. The number of carbonyl (C=O) groups excluding carboxylic acids is 1. The summed E-state index contributed by atoms with van der Waals surface area (Å²) in [6.45, 7) is 7.36. The molecule has 29 heavy (non-hydrogen) atoms. The number of carbonyl (C=O) groups is 1. The number of hydrogen-bond donors (Lipinski definition) is 0. The van der Waals surface area contributed by atoms with E-state index in [4.69, 9.17) is 26.8 Å². The Bertz CT molecular complexity index is 1110. The van der Waals surface area contributed by atoms with Gasteiger partial charge in [0.15, 0.2) is 5.78 Å². The summed E-state index contributed by atoms with van der Waals surface area (Å²) in [5.74, 6) is 0.137. The van der Waals surface area contributed by atoms with Crippen molar-refractivity contribution in [2.24, 2.45) is 5.92 Å². The molecule has 0 saturated carbocycles. The van der Waals surface area contributed by atoms with Gasteiger partial charge in [0.25, 0.3) is 0 Å². The zero-order valence-electron chi connectivity index (χ0n) is 16.6. The predicted octanol–water partition coefficient (Wildman–Crippen LogP) is 6.19. The highest BCUT2D eigenvalue weighted by Gasteiger charge is 2.14. The van der Waals surface area contributed by atoms with Gasteiger partial charge in [-0.25, -0.2) is 9.97 Å². The molecule has 0 saturated heterocycles. The first-order chi connectivity index (χ1) is 13.9.